The quantitative estimate of drug-likeness (QED) is 0.757. The van der Waals surface area contributed by atoms with Crippen LogP contribution in [0, 0.1) is 0 Å². The van der Waals surface area contributed by atoms with E-state index >= 15 is 0 Å². The van der Waals surface area contributed by atoms with Gasteiger partial charge in [-0.05, 0) is 48.6 Å². The molecule has 0 bridgehead atoms. The van der Waals surface area contributed by atoms with Crippen LogP contribution in [-0.2, 0) is 0 Å². The number of carbonyl (C=O) groups excluding carboxylic acids is 2. The van der Waals surface area contributed by atoms with E-state index in [1.165, 1.54) is 18.4 Å². The second-order valence-corrected chi connectivity index (χ2v) is 6.06. The van der Waals surface area contributed by atoms with E-state index in [2.05, 4.69) is 5.32 Å². The third-order valence-electron chi connectivity index (χ3n) is 4.31. The van der Waals surface area contributed by atoms with Gasteiger partial charge in [-0.3, -0.25) is 10.1 Å². The maximum absolute atomic E-state index is 12.4. The summed E-state index contributed by atoms with van der Waals surface area (Å²) in [5.41, 5.74) is 2.19. The van der Waals surface area contributed by atoms with Crippen LogP contribution in [0.4, 0.5) is 4.79 Å². The van der Waals surface area contributed by atoms with Gasteiger partial charge in [0.2, 0.25) is 0 Å². The molecule has 0 radical (unpaired) electrons. The summed E-state index contributed by atoms with van der Waals surface area (Å²) in [6, 6.07) is 15.1. The van der Waals surface area contributed by atoms with Crippen LogP contribution in [-0.4, -0.2) is 21.6 Å². The molecular weight excluding hydrogens is 304 g/mol. The lowest BCUT2D eigenvalue weighted by molar-refractivity contribution is 0.0964. The highest BCUT2D eigenvalue weighted by Crippen LogP contribution is 2.41. The summed E-state index contributed by atoms with van der Waals surface area (Å²) >= 11 is 0. The highest BCUT2D eigenvalue weighted by Gasteiger charge is 2.25. The Morgan fingerprint density at radius 2 is 1.79 bits per heavy atom. The van der Waals surface area contributed by atoms with Crippen molar-refractivity contribution in [1.29, 1.82) is 0 Å². The zero-order valence-electron chi connectivity index (χ0n) is 12.9. The first-order valence-electron chi connectivity index (χ1n) is 7.88. The number of hydrogen-bond donors (Lipinski definition) is 2. The molecule has 0 saturated heterocycles. The van der Waals surface area contributed by atoms with Gasteiger partial charge in [0.05, 0.1) is 5.52 Å². The van der Waals surface area contributed by atoms with Crippen LogP contribution in [0.25, 0.3) is 10.9 Å². The van der Waals surface area contributed by atoms with E-state index in [9.17, 15) is 14.7 Å². The SMILES string of the molecule is O=C(NC(=O)n1c(O)cc2cc(C3CC3)ccc21)c1ccccc1. The first kappa shape index (κ1) is 14.5. The summed E-state index contributed by atoms with van der Waals surface area (Å²) in [6.45, 7) is 0. The van der Waals surface area contributed by atoms with Crippen LogP contribution in [0.15, 0.2) is 54.6 Å². The Hall–Kier alpha value is -3.08. The van der Waals surface area contributed by atoms with Gasteiger partial charge in [0, 0.05) is 17.0 Å². The van der Waals surface area contributed by atoms with E-state index in [1.54, 1.807) is 36.4 Å². The Kier molecular flexibility index (Phi) is 3.34. The summed E-state index contributed by atoms with van der Waals surface area (Å²) in [7, 11) is 0. The first-order chi connectivity index (χ1) is 11.6. The lowest BCUT2D eigenvalue weighted by atomic mass is 10.1. The van der Waals surface area contributed by atoms with Gasteiger partial charge in [0.15, 0.2) is 5.88 Å². The molecule has 1 saturated carbocycles. The number of nitrogens with zero attached hydrogens (tertiary/aromatic N) is 1. The van der Waals surface area contributed by atoms with Crippen LogP contribution >= 0.6 is 0 Å². The molecule has 2 N–H and O–H groups in total. The average Bonchev–Trinajstić information content (AvgIpc) is 3.37. The number of aromatic hydroxyl groups is 1. The molecule has 4 rings (SSSR count). The second kappa shape index (κ2) is 5.53. The Morgan fingerprint density at radius 1 is 1.04 bits per heavy atom. The van der Waals surface area contributed by atoms with Crippen molar-refractivity contribution in [3.8, 4) is 5.88 Å². The van der Waals surface area contributed by atoms with Crippen molar-refractivity contribution in [3.05, 3.63) is 65.7 Å². The minimum atomic E-state index is -0.671. The molecule has 0 atom stereocenters. The van der Waals surface area contributed by atoms with Crippen LogP contribution in [0.5, 0.6) is 5.88 Å². The minimum absolute atomic E-state index is 0.184. The van der Waals surface area contributed by atoms with Crippen LogP contribution in [0.1, 0.15) is 34.7 Å². The lowest BCUT2D eigenvalue weighted by Gasteiger charge is -2.08. The fraction of sp³-hybridized carbons (Fsp3) is 0.158. The number of amides is 2. The number of carbonyl (C=O) groups is 2. The second-order valence-electron chi connectivity index (χ2n) is 6.06. The lowest BCUT2D eigenvalue weighted by Crippen LogP contribution is -2.33. The molecule has 120 valence electrons. The van der Waals surface area contributed by atoms with E-state index in [0.717, 1.165) is 9.95 Å². The molecule has 2 aromatic carbocycles. The number of aromatic nitrogens is 1. The van der Waals surface area contributed by atoms with Gasteiger partial charge in [-0.2, -0.15) is 0 Å². The molecule has 0 unspecified atom stereocenters. The molecule has 1 heterocycles. The van der Waals surface area contributed by atoms with Crippen LogP contribution in [0.2, 0.25) is 0 Å². The normalized spacial score (nSPS) is 13.8. The predicted molar refractivity (Wildman–Crippen MR) is 90.3 cm³/mol. The van der Waals surface area contributed by atoms with E-state index in [1.807, 2.05) is 18.2 Å². The highest BCUT2D eigenvalue weighted by molar-refractivity contribution is 6.07. The smallest absolute Gasteiger partial charge is 0.335 e. The fourth-order valence-electron chi connectivity index (χ4n) is 2.92. The fourth-order valence-corrected chi connectivity index (χ4v) is 2.92. The van der Waals surface area contributed by atoms with E-state index < -0.39 is 11.9 Å². The predicted octanol–water partition coefficient (Wildman–Crippen LogP) is 3.62. The van der Waals surface area contributed by atoms with Gasteiger partial charge in [0.1, 0.15) is 0 Å². The molecule has 1 fully saturated rings. The number of hydrogen-bond acceptors (Lipinski definition) is 3. The molecule has 2 amide bonds. The van der Waals surface area contributed by atoms with Crippen molar-refractivity contribution in [2.45, 2.75) is 18.8 Å². The van der Waals surface area contributed by atoms with Crippen LogP contribution in [0.3, 0.4) is 0 Å². The molecule has 5 heteroatoms. The topological polar surface area (TPSA) is 71.3 Å². The van der Waals surface area contributed by atoms with Crippen molar-refractivity contribution in [3.63, 3.8) is 0 Å². The third-order valence-corrected chi connectivity index (χ3v) is 4.31. The standard InChI is InChI=1S/C19H16N2O3/c22-17-11-15-10-14(12-6-7-12)8-9-16(15)21(17)19(24)20-18(23)13-4-2-1-3-5-13/h1-5,8-12,22H,6-7H2,(H,20,23,24). The molecule has 1 aromatic heterocycles. The van der Waals surface area contributed by atoms with Gasteiger partial charge in [-0.25, -0.2) is 9.36 Å². The Morgan fingerprint density at radius 3 is 2.50 bits per heavy atom. The molecule has 3 aromatic rings. The Labute approximate surface area is 138 Å². The minimum Gasteiger partial charge on any atom is -0.494 e. The van der Waals surface area contributed by atoms with E-state index in [4.69, 9.17) is 0 Å². The van der Waals surface area contributed by atoms with Crippen molar-refractivity contribution in [2.75, 3.05) is 0 Å². The maximum Gasteiger partial charge on any atom is 0.335 e. The third kappa shape index (κ3) is 2.54. The molecule has 1 aliphatic carbocycles. The monoisotopic (exact) mass is 320 g/mol. The number of benzene rings is 2. The number of imide groups is 1. The molecular formula is C19H16N2O3. The number of rotatable bonds is 2. The van der Waals surface area contributed by atoms with Crippen molar-refractivity contribution < 1.29 is 14.7 Å². The number of nitrogens with one attached hydrogen (secondary N) is 1. The van der Waals surface area contributed by atoms with Crippen LogP contribution < -0.4 is 5.32 Å². The molecule has 5 nitrogen and oxygen atoms in total. The van der Waals surface area contributed by atoms with E-state index in [0.29, 0.717) is 17.0 Å². The van der Waals surface area contributed by atoms with Crippen molar-refractivity contribution in [1.82, 2.24) is 9.88 Å². The summed E-state index contributed by atoms with van der Waals surface area (Å²) < 4.78 is 1.12. The summed E-state index contributed by atoms with van der Waals surface area (Å²) in [5, 5.41) is 13.2. The highest BCUT2D eigenvalue weighted by atomic mass is 16.3. The van der Waals surface area contributed by atoms with Crippen molar-refractivity contribution >= 4 is 22.8 Å². The molecule has 0 spiro atoms. The number of fused-ring (bicyclic) bond motifs is 1. The van der Waals surface area contributed by atoms with E-state index in [-0.39, 0.29) is 5.88 Å². The zero-order chi connectivity index (χ0) is 16.7. The first-order valence-corrected chi connectivity index (χ1v) is 7.88. The van der Waals surface area contributed by atoms with Gasteiger partial charge in [-0.15, -0.1) is 0 Å². The molecule has 1 aliphatic rings. The average molecular weight is 320 g/mol. The molecule has 0 aliphatic heterocycles. The summed E-state index contributed by atoms with van der Waals surface area (Å²) in [6.07, 6.45) is 2.37. The van der Waals surface area contributed by atoms with Gasteiger partial charge in [0.25, 0.3) is 5.91 Å². The Bertz CT molecular complexity index is 940. The maximum atomic E-state index is 12.4. The largest absolute Gasteiger partial charge is 0.494 e. The summed E-state index contributed by atoms with van der Waals surface area (Å²) in [5.74, 6) is -0.0962. The zero-order valence-corrected chi connectivity index (χ0v) is 12.9. The summed E-state index contributed by atoms with van der Waals surface area (Å²) in [4.78, 5) is 24.5. The van der Waals surface area contributed by atoms with Gasteiger partial charge in [-0.1, -0.05) is 24.3 Å². The molecule has 24 heavy (non-hydrogen) atoms. The van der Waals surface area contributed by atoms with Gasteiger partial charge < -0.3 is 5.11 Å². The Balaban J connectivity index is 1.64. The van der Waals surface area contributed by atoms with Gasteiger partial charge >= 0.3 is 6.03 Å². The van der Waals surface area contributed by atoms with Crippen molar-refractivity contribution in [2.24, 2.45) is 0 Å².